The summed E-state index contributed by atoms with van der Waals surface area (Å²) in [5.74, 6) is 0. The molecule has 1 aromatic heterocycles. The van der Waals surface area contributed by atoms with Crippen molar-refractivity contribution in [3.63, 3.8) is 0 Å². The van der Waals surface area contributed by atoms with Gasteiger partial charge >= 0.3 is 0 Å². The molecular weight excluding hydrogens is 288 g/mol. The monoisotopic (exact) mass is 315 g/mol. The maximum absolute atomic E-state index is 10.7. The summed E-state index contributed by atoms with van der Waals surface area (Å²) >= 11 is 0. The first-order chi connectivity index (χ1) is 11.3. The number of aliphatic hydroxyl groups is 1. The predicted octanol–water partition coefficient (Wildman–Crippen LogP) is 0.796. The Hall–Kier alpha value is -1.36. The Balaban J connectivity index is 1.58. The Bertz CT molecular complexity index is 673. The van der Waals surface area contributed by atoms with Gasteiger partial charge in [0.2, 0.25) is 0 Å². The van der Waals surface area contributed by atoms with Crippen molar-refractivity contribution in [3.8, 4) is 0 Å². The second-order valence-corrected chi connectivity index (χ2v) is 6.98. The number of hydrogen-bond donors (Lipinski definition) is 2. The third-order valence-electron chi connectivity index (χ3n) is 5.40. The minimum Gasteiger partial charge on any atom is -0.385 e. The predicted molar refractivity (Wildman–Crippen MR) is 91.0 cm³/mol. The number of morpholine rings is 1. The number of fused-ring (bicyclic) bond motifs is 3. The van der Waals surface area contributed by atoms with Gasteiger partial charge in [-0.2, -0.15) is 0 Å². The maximum atomic E-state index is 10.7. The maximum Gasteiger partial charge on any atom is 0.121 e. The van der Waals surface area contributed by atoms with Gasteiger partial charge in [-0.3, -0.25) is 0 Å². The molecule has 4 nitrogen and oxygen atoms in total. The zero-order valence-corrected chi connectivity index (χ0v) is 13.8. The zero-order chi connectivity index (χ0) is 15.6. The van der Waals surface area contributed by atoms with Crippen molar-refractivity contribution < 1.29 is 14.7 Å². The molecule has 1 aliphatic heterocycles. The number of ether oxygens (including phenoxy) is 1. The summed E-state index contributed by atoms with van der Waals surface area (Å²) in [7, 11) is 0. The number of quaternary nitrogens is 1. The van der Waals surface area contributed by atoms with E-state index in [1.807, 2.05) is 0 Å². The first kappa shape index (κ1) is 15.2. The van der Waals surface area contributed by atoms with Crippen molar-refractivity contribution in [2.24, 2.45) is 0 Å². The molecule has 0 bridgehead atoms. The van der Waals surface area contributed by atoms with Crippen molar-refractivity contribution in [2.75, 3.05) is 32.8 Å². The Kier molecular flexibility index (Phi) is 4.38. The molecule has 4 rings (SSSR count). The van der Waals surface area contributed by atoms with Gasteiger partial charge in [-0.05, 0) is 37.3 Å². The van der Waals surface area contributed by atoms with E-state index >= 15 is 0 Å². The van der Waals surface area contributed by atoms with Crippen LogP contribution in [0.15, 0.2) is 24.3 Å². The van der Waals surface area contributed by atoms with Crippen LogP contribution < -0.4 is 4.90 Å². The zero-order valence-electron chi connectivity index (χ0n) is 13.8. The van der Waals surface area contributed by atoms with E-state index in [2.05, 4.69) is 28.8 Å². The quantitative estimate of drug-likeness (QED) is 0.876. The van der Waals surface area contributed by atoms with Gasteiger partial charge in [0, 0.05) is 16.6 Å². The van der Waals surface area contributed by atoms with Gasteiger partial charge in [0.1, 0.15) is 25.7 Å². The van der Waals surface area contributed by atoms with Gasteiger partial charge in [-0.1, -0.05) is 18.2 Å². The Labute approximate surface area is 137 Å². The number of aliphatic hydroxyl groups excluding tert-OH is 1. The number of benzene rings is 1. The van der Waals surface area contributed by atoms with E-state index in [-0.39, 0.29) is 6.10 Å². The molecule has 1 saturated heterocycles. The minimum absolute atomic E-state index is 0.287. The summed E-state index contributed by atoms with van der Waals surface area (Å²) in [5.41, 5.74) is 4.29. The molecule has 4 heteroatoms. The van der Waals surface area contributed by atoms with E-state index in [1.54, 1.807) is 0 Å². The van der Waals surface area contributed by atoms with Crippen molar-refractivity contribution in [1.29, 1.82) is 0 Å². The standard InChI is InChI=1S/C19H26N2O2/c22-15(13-20-9-11-23-12-10-20)14-21-18-7-3-1-5-16(18)17-6-2-4-8-19(17)21/h1,3,5,7,15,22H,2,4,6,8-14H2/p+1/t15-/m1/s1. The van der Waals surface area contributed by atoms with Gasteiger partial charge in [0.05, 0.1) is 19.8 Å². The lowest BCUT2D eigenvalue weighted by Crippen LogP contribution is -3.15. The molecule has 0 spiro atoms. The fourth-order valence-electron chi connectivity index (χ4n) is 4.27. The van der Waals surface area contributed by atoms with Crippen LogP contribution in [-0.4, -0.2) is 48.6 Å². The van der Waals surface area contributed by atoms with E-state index < -0.39 is 0 Å². The summed E-state index contributed by atoms with van der Waals surface area (Å²) in [4.78, 5) is 1.47. The van der Waals surface area contributed by atoms with Crippen LogP contribution in [0.3, 0.4) is 0 Å². The Morgan fingerprint density at radius 3 is 2.78 bits per heavy atom. The van der Waals surface area contributed by atoms with E-state index in [0.717, 1.165) is 45.8 Å². The molecule has 1 aromatic carbocycles. The van der Waals surface area contributed by atoms with Crippen molar-refractivity contribution in [1.82, 2.24) is 4.57 Å². The van der Waals surface area contributed by atoms with Crippen LogP contribution in [0.1, 0.15) is 24.1 Å². The molecule has 0 radical (unpaired) electrons. The molecule has 1 fully saturated rings. The molecule has 0 saturated carbocycles. The molecule has 2 aliphatic rings. The van der Waals surface area contributed by atoms with Crippen molar-refractivity contribution in [3.05, 3.63) is 35.5 Å². The SMILES string of the molecule is O[C@@H](Cn1c2c(c3ccccc31)CCCC2)C[NH+]1CCOCC1. The lowest BCUT2D eigenvalue weighted by atomic mass is 9.95. The second kappa shape index (κ2) is 6.63. The fourth-order valence-corrected chi connectivity index (χ4v) is 4.27. The molecule has 124 valence electrons. The summed E-state index contributed by atoms with van der Waals surface area (Å²) in [6, 6.07) is 8.71. The van der Waals surface area contributed by atoms with Gasteiger partial charge in [0.15, 0.2) is 0 Å². The van der Waals surface area contributed by atoms with Crippen LogP contribution in [0.4, 0.5) is 0 Å². The number of aryl methyl sites for hydroxylation is 1. The average molecular weight is 315 g/mol. The van der Waals surface area contributed by atoms with Crippen molar-refractivity contribution >= 4 is 10.9 Å². The third kappa shape index (κ3) is 3.03. The van der Waals surface area contributed by atoms with E-state index in [9.17, 15) is 5.11 Å². The molecule has 2 aromatic rings. The summed E-state index contributed by atoms with van der Waals surface area (Å²) in [6.45, 7) is 5.22. The van der Waals surface area contributed by atoms with Crippen LogP contribution in [0, 0.1) is 0 Å². The number of nitrogens with one attached hydrogen (secondary N) is 1. The number of para-hydroxylation sites is 1. The fraction of sp³-hybridized carbons (Fsp3) is 0.579. The first-order valence-electron chi connectivity index (χ1n) is 9.01. The molecule has 1 aliphatic carbocycles. The highest BCUT2D eigenvalue weighted by Gasteiger charge is 2.23. The molecule has 0 amide bonds. The van der Waals surface area contributed by atoms with Crippen LogP contribution in [0.25, 0.3) is 10.9 Å². The number of aromatic nitrogens is 1. The summed E-state index contributed by atoms with van der Waals surface area (Å²) in [5, 5.41) is 12.0. The highest BCUT2D eigenvalue weighted by Crippen LogP contribution is 2.32. The smallest absolute Gasteiger partial charge is 0.121 e. The van der Waals surface area contributed by atoms with Crippen LogP contribution in [0.2, 0.25) is 0 Å². The van der Waals surface area contributed by atoms with Crippen LogP contribution in [-0.2, 0) is 24.1 Å². The topological polar surface area (TPSA) is 38.8 Å². The summed E-state index contributed by atoms with van der Waals surface area (Å²) < 4.78 is 7.81. The van der Waals surface area contributed by atoms with Gasteiger partial charge in [-0.25, -0.2) is 0 Å². The van der Waals surface area contributed by atoms with Gasteiger partial charge in [0.25, 0.3) is 0 Å². The summed E-state index contributed by atoms with van der Waals surface area (Å²) in [6.07, 6.45) is 4.62. The Morgan fingerprint density at radius 2 is 1.91 bits per heavy atom. The number of hydrogen-bond acceptors (Lipinski definition) is 2. The van der Waals surface area contributed by atoms with Gasteiger partial charge < -0.3 is 19.3 Å². The minimum atomic E-state index is -0.287. The number of rotatable bonds is 4. The largest absolute Gasteiger partial charge is 0.385 e. The Morgan fingerprint density at radius 1 is 1.13 bits per heavy atom. The lowest BCUT2D eigenvalue weighted by molar-refractivity contribution is -0.911. The lowest BCUT2D eigenvalue weighted by Gasteiger charge is -2.26. The normalized spacial score (nSPS) is 20.6. The average Bonchev–Trinajstić information content (AvgIpc) is 2.90. The molecule has 2 N–H and O–H groups in total. The molecule has 23 heavy (non-hydrogen) atoms. The van der Waals surface area contributed by atoms with E-state index in [4.69, 9.17) is 4.74 Å². The second-order valence-electron chi connectivity index (χ2n) is 6.98. The molecule has 0 unspecified atom stereocenters. The highest BCUT2D eigenvalue weighted by atomic mass is 16.5. The third-order valence-corrected chi connectivity index (χ3v) is 5.40. The van der Waals surface area contributed by atoms with Crippen LogP contribution >= 0.6 is 0 Å². The first-order valence-corrected chi connectivity index (χ1v) is 9.01. The highest BCUT2D eigenvalue weighted by molar-refractivity contribution is 5.85. The molecule has 2 heterocycles. The molecular formula is C19H27N2O2+. The molecule has 1 atom stereocenters. The number of nitrogens with zero attached hydrogens (tertiary/aromatic N) is 1. The van der Waals surface area contributed by atoms with E-state index in [0.29, 0.717) is 0 Å². The van der Waals surface area contributed by atoms with Gasteiger partial charge in [-0.15, -0.1) is 0 Å². The van der Waals surface area contributed by atoms with E-state index in [1.165, 1.54) is 46.3 Å². The van der Waals surface area contributed by atoms with Crippen molar-refractivity contribution in [2.45, 2.75) is 38.3 Å². The van der Waals surface area contributed by atoms with Crippen LogP contribution in [0.5, 0.6) is 0 Å².